The molecular weight excluding hydrogens is 244 g/mol. The molecule has 1 aromatic carbocycles. The molecule has 19 heavy (non-hydrogen) atoms. The van der Waals surface area contributed by atoms with Gasteiger partial charge in [-0.25, -0.2) is 0 Å². The molecule has 2 aliphatic heterocycles. The van der Waals surface area contributed by atoms with Gasteiger partial charge in [-0.15, -0.1) is 0 Å². The van der Waals surface area contributed by atoms with Crippen molar-refractivity contribution in [1.82, 2.24) is 5.32 Å². The fourth-order valence-electron chi connectivity index (χ4n) is 2.20. The number of nitriles is 1. The third-order valence-corrected chi connectivity index (χ3v) is 3.39. The van der Waals surface area contributed by atoms with Gasteiger partial charge in [0.1, 0.15) is 18.6 Å². The number of rotatable bonds is 4. The summed E-state index contributed by atoms with van der Waals surface area (Å²) in [5, 5.41) is 12.4. The average Bonchev–Trinajstić information content (AvgIpc) is 2.42. The molecule has 0 unspecified atom stereocenters. The van der Waals surface area contributed by atoms with Crippen LogP contribution in [0.5, 0.6) is 11.5 Å². The summed E-state index contributed by atoms with van der Waals surface area (Å²) in [5.41, 5.74) is 0.783. The van der Waals surface area contributed by atoms with Crippen LogP contribution in [-0.4, -0.2) is 33.0 Å². The van der Waals surface area contributed by atoms with E-state index in [9.17, 15) is 0 Å². The zero-order chi connectivity index (χ0) is 13.1. The van der Waals surface area contributed by atoms with Crippen LogP contribution in [0, 0.1) is 16.7 Å². The van der Waals surface area contributed by atoms with E-state index in [2.05, 4.69) is 11.4 Å². The van der Waals surface area contributed by atoms with E-state index in [1.807, 2.05) is 18.2 Å². The smallest absolute Gasteiger partial charge is 0.161 e. The van der Waals surface area contributed by atoms with E-state index < -0.39 is 0 Å². The lowest BCUT2D eigenvalue weighted by Crippen LogP contribution is -2.48. The van der Waals surface area contributed by atoms with Crippen LogP contribution in [0.2, 0.25) is 0 Å². The maximum Gasteiger partial charge on any atom is 0.161 e. The van der Waals surface area contributed by atoms with E-state index in [1.165, 1.54) is 0 Å². The summed E-state index contributed by atoms with van der Waals surface area (Å²) in [4.78, 5) is 0. The molecule has 0 aliphatic carbocycles. The van der Waals surface area contributed by atoms with Crippen molar-refractivity contribution in [1.29, 1.82) is 5.26 Å². The first-order valence-corrected chi connectivity index (χ1v) is 6.40. The Hall–Kier alpha value is -1.77. The molecule has 0 saturated carbocycles. The highest BCUT2D eigenvalue weighted by Crippen LogP contribution is 2.31. The van der Waals surface area contributed by atoms with Crippen molar-refractivity contribution >= 4 is 0 Å². The lowest BCUT2D eigenvalue weighted by molar-refractivity contribution is -0.0755. The van der Waals surface area contributed by atoms with Gasteiger partial charge in [0.2, 0.25) is 0 Å². The Kier molecular flexibility index (Phi) is 3.28. The Labute approximate surface area is 112 Å². The van der Waals surface area contributed by atoms with Gasteiger partial charge in [0.15, 0.2) is 11.5 Å². The van der Waals surface area contributed by atoms with Crippen LogP contribution >= 0.6 is 0 Å². The fraction of sp³-hybridized carbons (Fsp3) is 0.500. The largest absolute Gasteiger partial charge is 0.486 e. The molecule has 3 rings (SSSR count). The molecule has 2 heterocycles. The summed E-state index contributed by atoms with van der Waals surface area (Å²) in [6.45, 7) is 3.61. The van der Waals surface area contributed by atoms with Crippen LogP contribution in [0.15, 0.2) is 18.2 Å². The molecular formula is C14H16N2O3. The number of hydrogen-bond donors (Lipinski definition) is 1. The zero-order valence-electron chi connectivity index (χ0n) is 10.6. The number of fused-ring (bicyclic) bond motifs is 1. The Bertz CT molecular complexity index is 506. The summed E-state index contributed by atoms with van der Waals surface area (Å²) < 4.78 is 16.1. The molecule has 5 nitrogen and oxygen atoms in total. The molecule has 2 aliphatic rings. The van der Waals surface area contributed by atoms with Crippen LogP contribution < -0.4 is 14.8 Å². The molecule has 1 N–H and O–H groups in total. The van der Waals surface area contributed by atoms with E-state index in [1.54, 1.807) is 0 Å². The number of hydrogen-bond acceptors (Lipinski definition) is 5. The molecule has 1 aromatic rings. The summed E-state index contributed by atoms with van der Waals surface area (Å²) in [6.07, 6.45) is 0. The normalized spacial score (nSPS) is 19.3. The number of nitrogens with zero attached hydrogens (tertiary/aromatic N) is 1. The second kappa shape index (κ2) is 5.08. The lowest BCUT2D eigenvalue weighted by atomic mass is 9.88. The van der Waals surface area contributed by atoms with E-state index in [0.29, 0.717) is 39.5 Å². The standard InChI is InChI=1S/C14H16N2O3/c15-7-14(9-17-10-14)8-16-6-11-1-2-12-13(5-11)19-4-3-18-12/h1-2,5,16H,3-4,6,8-10H2. The molecule has 0 amide bonds. The average molecular weight is 260 g/mol. The summed E-state index contributed by atoms with van der Waals surface area (Å²) in [5.74, 6) is 1.60. The van der Waals surface area contributed by atoms with Crippen LogP contribution in [-0.2, 0) is 11.3 Å². The van der Waals surface area contributed by atoms with Crippen molar-refractivity contribution in [2.45, 2.75) is 6.54 Å². The van der Waals surface area contributed by atoms with Crippen LogP contribution in [0.25, 0.3) is 0 Å². The van der Waals surface area contributed by atoms with Gasteiger partial charge in [-0.05, 0) is 17.7 Å². The second-order valence-corrected chi connectivity index (χ2v) is 4.97. The second-order valence-electron chi connectivity index (χ2n) is 4.97. The summed E-state index contributed by atoms with van der Waals surface area (Å²) in [6, 6.07) is 8.24. The predicted molar refractivity (Wildman–Crippen MR) is 68.0 cm³/mol. The molecule has 5 heteroatoms. The monoisotopic (exact) mass is 260 g/mol. The van der Waals surface area contributed by atoms with Crippen LogP contribution in [0.3, 0.4) is 0 Å². The van der Waals surface area contributed by atoms with Gasteiger partial charge in [0.05, 0.1) is 19.3 Å². The minimum absolute atomic E-state index is 0.339. The van der Waals surface area contributed by atoms with Crippen molar-refractivity contribution in [3.05, 3.63) is 23.8 Å². The molecule has 1 fully saturated rings. The number of benzene rings is 1. The third kappa shape index (κ3) is 2.50. The highest BCUT2D eigenvalue weighted by atomic mass is 16.6. The first-order chi connectivity index (χ1) is 9.31. The van der Waals surface area contributed by atoms with Gasteiger partial charge < -0.3 is 19.5 Å². The molecule has 1 saturated heterocycles. The SMILES string of the molecule is N#CC1(CNCc2ccc3c(c2)OCCO3)COC1. The van der Waals surface area contributed by atoms with Crippen molar-refractivity contribution in [2.75, 3.05) is 33.0 Å². The molecule has 0 spiro atoms. The van der Waals surface area contributed by atoms with Gasteiger partial charge in [-0.1, -0.05) is 6.07 Å². The van der Waals surface area contributed by atoms with E-state index in [-0.39, 0.29) is 5.41 Å². The number of nitrogens with one attached hydrogen (secondary N) is 1. The van der Waals surface area contributed by atoms with E-state index in [4.69, 9.17) is 19.5 Å². The molecule has 0 radical (unpaired) electrons. The van der Waals surface area contributed by atoms with Crippen molar-refractivity contribution in [3.63, 3.8) is 0 Å². The maximum atomic E-state index is 9.09. The van der Waals surface area contributed by atoms with Crippen LogP contribution in [0.4, 0.5) is 0 Å². The van der Waals surface area contributed by atoms with Gasteiger partial charge in [0.25, 0.3) is 0 Å². The topological polar surface area (TPSA) is 63.5 Å². The third-order valence-electron chi connectivity index (χ3n) is 3.39. The number of ether oxygens (including phenoxy) is 3. The van der Waals surface area contributed by atoms with Gasteiger partial charge >= 0.3 is 0 Å². The lowest BCUT2D eigenvalue weighted by Gasteiger charge is -2.35. The zero-order valence-corrected chi connectivity index (χ0v) is 10.6. The predicted octanol–water partition coefficient (Wildman–Crippen LogP) is 1.09. The summed E-state index contributed by atoms with van der Waals surface area (Å²) in [7, 11) is 0. The fourth-order valence-corrected chi connectivity index (χ4v) is 2.20. The summed E-state index contributed by atoms with van der Waals surface area (Å²) >= 11 is 0. The Morgan fingerprint density at radius 3 is 2.68 bits per heavy atom. The van der Waals surface area contributed by atoms with Crippen LogP contribution in [0.1, 0.15) is 5.56 Å². The Morgan fingerprint density at radius 2 is 2.00 bits per heavy atom. The highest BCUT2D eigenvalue weighted by Gasteiger charge is 2.38. The minimum atomic E-state index is -0.339. The van der Waals surface area contributed by atoms with Crippen molar-refractivity contribution in [3.8, 4) is 17.6 Å². The maximum absolute atomic E-state index is 9.09. The van der Waals surface area contributed by atoms with Crippen molar-refractivity contribution in [2.24, 2.45) is 5.41 Å². The highest BCUT2D eigenvalue weighted by molar-refractivity contribution is 5.43. The first-order valence-electron chi connectivity index (χ1n) is 6.40. The van der Waals surface area contributed by atoms with E-state index in [0.717, 1.165) is 17.1 Å². The molecule has 0 bridgehead atoms. The van der Waals surface area contributed by atoms with Gasteiger partial charge in [0, 0.05) is 13.1 Å². The Morgan fingerprint density at radius 1 is 1.21 bits per heavy atom. The molecule has 0 aromatic heterocycles. The molecule has 0 atom stereocenters. The Balaban J connectivity index is 1.57. The van der Waals surface area contributed by atoms with Crippen molar-refractivity contribution < 1.29 is 14.2 Å². The molecule has 100 valence electrons. The minimum Gasteiger partial charge on any atom is -0.486 e. The quantitative estimate of drug-likeness (QED) is 0.878. The van der Waals surface area contributed by atoms with Gasteiger partial charge in [-0.2, -0.15) is 5.26 Å². The van der Waals surface area contributed by atoms with Gasteiger partial charge in [-0.3, -0.25) is 0 Å². The first kappa shape index (κ1) is 12.3. The van der Waals surface area contributed by atoms with E-state index >= 15 is 0 Å².